The summed E-state index contributed by atoms with van der Waals surface area (Å²) in [5.41, 5.74) is 7.42. The molecular weight excluding hydrogens is 252 g/mol. The molecule has 0 saturated carbocycles. The highest BCUT2D eigenvalue weighted by atomic mass is 32.2. The lowest BCUT2D eigenvalue weighted by molar-refractivity contribution is 0.598. The highest BCUT2D eigenvalue weighted by molar-refractivity contribution is 7.92. The van der Waals surface area contributed by atoms with Crippen molar-refractivity contribution < 1.29 is 8.42 Å². The second-order valence-electron chi connectivity index (χ2n) is 3.96. The number of aryl methyl sites for hydroxylation is 1. The van der Waals surface area contributed by atoms with E-state index < -0.39 is 10.0 Å². The lowest BCUT2D eigenvalue weighted by Crippen LogP contribution is -2.14. The first-order valence-corrected chi connectivity index (χ1v) is 6.78. The van der Waals surface area contributed by atoms with E-state index in [1.54, 1.807) is 32.0 Å². The number of aromatic amines is 1. The zero-order valence-electron chi connectivity index (χ0n) is 10.1. The third kappa shape index (κ3) is 2.30. The van der Waals surface area contributed by atoms with Gasteiger partial charge in [-0.2, -0.15) is 8.42 Å². The van der Waals surface area contributed by atoms with Gasteiger partial charge in [0.05, 0.1) is 11.9 Å². The lowest BCUT2D eigenvalue weighted by atomic mass is 10.2. The average Bonchev–Trinajstić information content (AvgIpc) is 2.72. The molecule has 2 rings (SSSR count). The molecule has 0 amide bonds. The highest BCUT2D eigenvalue weighted by Gasteiger charge is 2.17. The molecule has 96 valence electrons. The van der Waals surface area contributed by atoms with Crippen LogP contribution in [-0.2, 0) is 10.0 Å². The van der Waals surface area contributed by atoms with Crippen LogP contribution in [0.25, 0.3) is 0 Å². The third-order valence-electron chi connectivity index (χ3n) is 2.59. The lowest BCUT2D eigenvalue weighted by Gasteiger charge is -2.10. The summed E-state index contributed by atoms with van der Waals surface area (Å²) >= 11 is 0. The summed E-state index contributed by atoms with van der Waals surface area (Å²) in [5.74, 6) is 0.541. The molecule has 1 aromatic carbocycles. The van der Waals surface area contributed by atoms with E-state index in [0.29, 0.717) is 22.8 Å². The largest absolute Gasteiger partial charge is 0.398 e. The number of H-pyrrole nitrogens is 1. The first kappa shape index (κ1) is 12.4. The monoisotopic (exact) mass is 266 g/mol. The van der Waals surface area contributed by atoms with Crippen molar-refractivity contribution in [2.75, 3.05) is 10.5 Å². The number of anilines is 2. The summed E-state index contributed by atoms with van der Waals surface area (Å²) in [5, 5.41) is 0.0295. The van der Waals surface area contributed by atoms with Crippen molar-refractivity contribution in [3.05, 3.63) is 35.8 Å². The number of nitrogens with zero attached hydrogens (tertiary/aromatic N) is 1. The molecular formula is C11H14N4O2S. The van der Waals surface area contributed by atoms with Crippen LogP contribution in [0.15, 0.2) is 29.4 Å². The van der Waals surface area contributed by atoms with E-state index in [9.17, 15) is 8.42 Å². The topological polar surface area (TPSA) is 101 Å². The van der Waals surface area contributed by atoms with Gasteiger partial charge in [0.25, 0.3) is 10.0 Å². The molecule has 2 aromatic rings. The molecule has 18 heavy (non-hydrogen) atoms. The molecule has 0 aliphatic rings. The number of rotatable bonds is 3. The molecule has 6 nitrogen and oxygen atoms in total. The van der Waals surface area contributed by atoms with E-state index in [-0.39, 0.29) is 5.03 Å². The Balaban J connectivity index is 2.37. The van der Waals surface area contributed by atoms with Crippen LogP contribution >= 0.6 is 0 Å². The zero-order chi connectivity index (χ0) is 13.3. The Hall–Kier alpha value is -2.02. The van der Waals surface area contributed by atoms with Crippen LogP contribution < -0.4 is 10.5 Å². The van der Waals surface area contributed by atoms with Crippen LogP contribution in [0.1, 0.15) is 11.4 Å². The maximum absolute atomic E-state index is 12.1. The minimum atomic E-state index is -3.66. The van der Waals surface area contributed by atoms with Gasteiger partial charge in [0.15, 0.2) is 5.03 Å². The Morgan fingerprint density at radius 1 is 1.33 bits per heavy atom. The predicted molar refractivity (Wildman–Crippen MR) is 69.7 cm³/mol. The molecule has 0 aliphatic carbocycles. The van der Waals surface area contributed by atoms with Crippen molar-refractivity contribution in [3.63, 3.8) is 0 Å². The minimum absolute atomic E-state index is 0.0295. The zero-order valence-corrected chi connectivity index (χ0v) is 10.9. The SMILES string of the molecule is Cc1ncc(S(=O)(=O)Nc2cccc(N)c2C)[nH]1. The van der Waals surface area contributed by atoms with E-state index in [1.165, 1.54) is 6.20 Å². The van der Waals surface area contributed by atoms with Gasteiger partial charge in [-0.15, -0.1) is 0 Å². The summed E-state index contributed by atoms with van der Waals surface area (Å²) in [6.45, 7) is 3.44. The molecule has 1 aromatic heterocycles. The average molecular weight is 266 g/mol. The smallest absolute Gasteiger partial charge is 0.278 e. The second-order valence-corrected chi connectivity index (χ2v) is 5.61. The molecule has 0 bridgehead atoms. The number of nitrogens with two attached hydrogens (primary N) is 1. The third-order valence-corrected chi connectivity index (χ3v) is 3.86. The van der Waals surface area contributed by atoms with E-state index in [2.05, 4.69) is 14.7 Å². The summed E-state index contributed by atoms with van der Waals surface area (Å²) in [6, 6.07) is 5.07. The van der Waals surface area contributed by atoms with E-state index in [4.69, 9.17) is 5.73 Å². The van der Waals surface area contributed by atoms with Gasteiger partial charge in [0.1, 0.15) is 5.82 Å². The van der Waals surface area contributed by atoms with Crippen LogP contribution in [0.2, 0.25) is 0 Å². The van der Waals surface area contributed by atoms with Crippen molar-refractivity contribution in [2.24, 2.45) is 0 Å². The maximum Gasteiger partial charge on any atom is 0.278 e. The van der Waals surface area contributed by atoms with Gasteiger partial charge >= 0.3 is 0 Å². The highest BCUT2D eigenvalue weighted by Crippen LogP contribution is 2.23. The number of aromatic nitrogens is 2. The van der Waals surface area contributed by atoms with Crippen molar-refractivity contribution in [1.29, 1.82) is 0 Å². The first-order chi connectivity index (χ1) is 8.40. The summed E-state index contributed by atoms with van der Waals surface area (Å²) < 4.78 is 26.6. The Kier molecular flexibility index (Phi) is 3.00. The number of nitrogens with one attached hydrogen (secondary N) is 2. The molecule has 0 saturated heterocycles. The summed E-state index contributed by atoms with van der Waals surface area (Å²) in [7, 11) is -3.66. The van der Waals surface area contributed by atoms with Crippen LogP contribution in [0.4, 0.5) is 11.4 Å². The van der Waals surface area contributed by atoms with Crippen molar-refractivity contribution in [1.82, 2.24) is 9.97 Å². The van der Waals surface area contributed by atoms with Crippen LogP contribution in [-0.4, -0.2) is 18.4 Å². The molecule has 0 radical (unpaired) electrons. The molecule has 0 spiro atoms. The number of benzene rings is 1. The fourth-order valence-electron chi connectivity index (χ4n) is 1.50. The van der Waals surface area contributed by atoms with Gasteiger partial charge < -0.3 is 10.7 Å². The first-order valence-electron chi connectivity index (χ1n) is 5.29. The Morgan fingerprint density at radius 2 is 2.06 bits per heavy atom. The fourth-order valence-corrected chi connectivity index (χ4v) is 2.59. The van der Waals surface area contributed by atoms with Gasteiger partial charge in [-0.05, 0) is 31.5 Å². The molecule has 0 unspecified atom stereocenters. The van der Waals surface area contributed by atoms with Gasteiger partial charge in [-0.1, -0.05) is 6.07 Å². The second kappa shape index (κ2) is 4.34. The Morgan fingerprint density at radius 3 is 2.67 bits per heavy atom. The van der Waals surface area contributed by atoms with Gasteiger partial charge in [-0.25, -0.2) is 4.98 Å². The van der Waals surface area contributed by atoms with Crippen LogP contribution in [0.3, 0.4) is 0 Å². The summed E-state index contributed by atoms with van der Waals surface area (Å²) in [6.07, 6.45) is 1.28. The number of sulfonamides is 1. The summed E-state index contributed by atoms with van der Waals surface area (Å²) in [4.78, 5) is 6.54. The predicted octanol–water partition coefficient (Wildman–Crippen LogP) is 1.41. The molecule has 7 heteroatoms. The van der Waals surface area contributed by atoms with Crippen molar-refractivity contribution in [3.8, 4) is 0 Å². The Bertz CT molecular complexity index is 676. The van der Waals surface area contributed by atoms with Crippen LogP contribution in [0.5, 0.6) is 0 Å². The van der Waals surface area contributed by atoms with Crippen molar-refractivity contribution in [2.45, 2.75) is 18.9 Å². The van der Waals surface area contributed by atoms with E-state index in [0.717, 1.165) is 0 Å². The molecule has 0 fully saturated rings. The number of imidazole rings is 1. The normalized spacial score (nSPS) is 11.4. The van der Waals surface area contributed by atoms with Crippen LogP contribution in [0, 0.1) is 13.8 Å². The van der Waals surface area contributed by atoms with Gasteiger partial charge in [0, 0.05) is 5.69 Å². The van der Waals surface area contributed by atoms with E-state index >= 15 is 0 Å². The minimum Gasteiger partial charge on any atom is -0.398 e. The maximum atomic E-state index is 12.1. The van der Waals surface area contributed by atoms with Gasteiger partial charge in [0.2, 0.25) is 0 Å². The number of nitrogen functional groups attached to an aromatic ring is 1. The molecule has 0 aliphatic heterocycles. The Labute approximate surface area is 105 Å². The van der Waals surface area contributed by atoms with E-state index in [1.807, 2.05) is 0 Å². The number of hydrogen-bond donors (Lipinski definition) is 3. The standard InChI is InChI=1S/C11H14N4O2S/c1-7-9(12)4-3-5-10(7)15-18(16,17)11-6-13-8(2)14-11/h3-6,15H,12H2,1-2H3,(H,13,14). The van der Waals surface area contributed by atoms with Gasteiger partial charge in [-0.3, -0.25) is 4.72 Å². The molecule has 1 heterocycles. The molecule has 0 atom stereocenters. The van der Waals surface area contributed by atoms with Crippen molar-refractivity contribution >= 4 is 21.4 Å². The molecule has 4 N–H and O–H groups in total. The fraction of sp³-hybridized carbons (Fsp3) is 0.182. The quantitative estimate of drug-likeness (QED) is 0.731. The number of hydrogen-bond acceptors (Lipinski definition) is 4.